The maximum Gasteiger partial charge on any atom is 0.152 e. The van der Waals surface area contributed by atoms with Gasteiger partial charge in [-0.15, -0.1) is 11.3 Å². The molecule has 0 amide bonds. The topological polar surface area (TPSA) is 119 Å². The van der Waals surface area contributed by atoms with Gasteiger partial charge >= 0.3 is 0 Å². The summed E-state index contributed by atoms with van der Waals surface area (Å²) in [5.41, 5.74) is 7.06. The van der Waals surface area contributed by atoms with Crippen molar-refractivity contribution in [2.75, 3.05) is 5.73 Å². The number of hydrogen-bond acceptors (Lipinski definition) is 8. The molecule has 0 aliphatic heterocycles. The first-order valence-corrected chi connectivity index (χ1v) is 9.66. The summed E-state index contributed by atoms with van der Waals surface area (Å²) < 4.78 is 7.61. The van der Waals surface area contributed by atoms with Crippen LogP contribution in [0.25, 0.3) is 21.9 Å². The predicted molar refractivity (Wildman–Crippen MR) is 108 cm³/mol. The van der Waals surface area contributed by atoms with Crippen molar-refractivity contribution >= 4 is 39.1 Å². The number of nitrogen functional groups attached to an aromatic ring is 1. The first kappa shape index (κ1) is 18.6. The van der Waals surface area contributed by atoms with Crippen LogP contribution < -0.4 is 10.5 Å². The standard InChI is InChI=1S/C19H21N5O3S/c1-19(2,26)10-24-14(8-25)23-16-17(24)12-4-3-11(7-13(12)22-18(16)20)27-9-15-21-5-6-28-15/h3-7,25-26H,8-10H2,1-2H3,(H2,20,22). The average Bonchev–Trinajstić information content (AvgIpc) is 3.27. The quantitative estimate of drug-likeness (QED) is 0.455. The van der Waals surface area contributed by atoms with E-state index in [0.717, 1.165) is 15.9 Å². The number of rotatable bonds is 6. The monoisotopic (exact) mass is 399 g/mol. The molecule has 0 aliphatic rings. The summed E-state index contributed by atoms with van der Waals surface area (Å²) in [4.78, 5) is 13.1. The van der Waals surface area contributed by atoms with Crippen LogP contribution in [0.1, 0.15) is 24.7 Å². The number of pyridine rings is 1. The Kier molecular flexibility index (Phi) is 4.66. The molecule has 0 fully saturated rings. The van der Waals surface area contributed by atoms with E-state index in [4.69, 9.17) is 10.5 Å². The van der Waals surface area contributed by atoms with E-state index in [1.807, 2.05) is 23.6 Å². The molecule has 0 radical (unpaired) electrons. The SMILES string of the molecule is CC(C)(O)Cn1c(CO)nc2c(N)nc3cc(OCc4nccs4)ccc3c21. The molecular weight excluding hydrogens is 378 g/mol. The van der Waals surface area contributed by atoms with Crippen LogP contribution in [0.4, 0.5) is 5.82 Å². The fraction of sp³-hybridized carbons (Fsp3) is 0.316. The maximum absolute atomic E-state index is 10.3. The zero-order valence-electron chi connectivity index (χ0n) is 15.6. The highest BCUT2D eigenvalue weighted by Crippen LogP contribution is 2.32. The highest BCUT2D eigenvalue weighted by Gasteiger charge is 2.22. The average molecular weight is 399 g/mol. The minimum atomic E-state index is -0.987. The first-order chi connectivity index (χ1) is 13.4. The van der Waals surface area contributed by atoms with Gasteiger partial charge in [-0.25, -0.2) is 15.0 Å². The Morgan fingerprint density at radius 1 is 1.29 bits per heavy atom. The lowest BCUT2D eigenvalue weighted by molar-refractivity contribution is 0.0607. The summed E-state index contributed by atoms with van der Waals surface area (Å²) in [6, 6.07) is 5.57. The van der Waals surface area contributed by atoms with Gasteiger partial charge in [0.05, 0.1) is 23.2 Å². The van der Waals surface area contributed by atoms with E-state index >= 15 is 0 Å². The van der Waals surface area contributed by atoms with Gasteiger partial charge in [0.2, 0.25) is 0 Å². The Bertz CT molecular complexity index is 1130. The van der Waals surface area contributed by atoms with Gasteiger partial charge in [-0.05, 0) is 26.0 Å². The van der Waals surface area contributed by atoms with Crippen LogP contribution in [-0.2, 0) is 19.8 Å². The van der Waals surface area contributed by atoms with Gasteiger partial charge < -0.3 is 25.3 Å². The van der Waals surface area contributed by atoms with E-state index in [1.54, 1.807) is 24.6 Å². The number of aliphatic hydroxyl groups excluding tert-OH is 1. The van der Waals surface area contributed by atoms with E-state index < -0.39 is 5.60 Å². The molecule has 0 bridgehead atoms. The van der Waals surface area contributed by atoms with Crippen molar-refractivity contribution in [2.45, 2.75) is 39.2 Å². The van der Waals surface area contributed by atoms with Crippen molar-refractivity contribution in [2.24, 2.45) is 0 Å². The summed E-state index contributed by atoms with van der Waals surface area (Å²) in [6.45, 7) is 3.79. The minimum absolute atomic E-state index is 0.263. The Morgan fingerprint density at radius 2 is 2.11 bits per heavy atom. The van der Waals surface area contributed by atoms with Gasteiger partial charge in [-0.2, -0.15) is 0 Å². The van der Waals surface area contributed by atoms with Crippen LogP contribution in [0.3, 0.4) is 0 Å². The number of nitrogens with two attached hydrogens (primary N) is 1. The smallest absolute Gasteiger partial charge is 0.152 e. The van der Waals surface area contributed by atoms with Gasteiger partial charge in [0.1, 0.15) is 35.3 Å². The second-order valence-corrected chi connectivity index (χ2v) is 8.15. The summed E-state index contributed by atoms with van der Waals surface area (Å²) in [6.07, 6.45) is 1.74. The number of fused-ring (bicyclic) bond motifs is 3. The van der Waals surface area contributed by atoms with Crippen LogP contribution in [0, 0.1) is 0 Å². The van der Waals surface area contributed by atoms with E-state index in [9.17, 15) is 10.2 Å². The summed E-state index contributed by atoms with van der Waals surface area (Å²) in [7, 11) is 0. The van der Waals surface area contributed by atoms with Gasteiger partial charge in [-0.3, -0.25) is 0 Å². The second-order valence-electron chi connectivity index (χ2n) is 7.17. The number of hydrogen-bond donors (Lipinski definition) is 3. The lowest BCUT2D eigenvalue weighted by Crippen LogP contribution is -2.27. The number of imidazole rings is 1. The summed E-state index contributed by atoms with van der Waals surface area (Å²) >= 11 is 1.53. The van der Waals surface area contributed by atoms with Crippen LogP contribution in [-0.4, -0.2) is 35.3 Å². The van der Waals surface area contributed by atoms with Crippen molar-refractivity contribution in [3.8, 4) is 5.75 Å². The van der Waals surface area contributed by atoms with Crippen molar-refractivity contribution in [1.29, 1.82) is 0 Å². The molecule has 1 aromatic carbocycles. The Hall–Kier alpha value is -2.75. The second kappa shape index (κ2) is 7.01. The van der Waals surface area contributed by atoms with Gasteiger partial charge in [0.15, 0.2) is 5.82 Å². The van der Waals surface area contributed by atoms with Crippen LogP contribution in [0.15, 0.2) is 29.8 Å². The number of thiazole rings is 1. The van der Waals surface area contributed by atoms with Crippen molar-refractivity contribution < 1.29 is 14.9 Å². The zero-order chi connectivity index (χ0) is 19.9. The minimum Gasteiger partial charge on any atom is -0.486 e. The predicted octanol–water partition coefficient (Wildman–Crippen LogP) is 2.47. The molecule has 0 atom stereocenters. The highest BCUT2D eigenvalue weighted by molar-refractivity contribution is 7.09. The van der Waals surface area contributed by atoms with Crippen LogP contribution in [0.2, 0.25) is 0 Å². The third kappa shape index (κ3) is 3.51. The molecule has 0 aliphatic carbocycles. The summed E-state index contributed by atoms with van der Waals surface area (Å²) in [5.74, 6) is 1.36. The number of benzene rings is 1. The van der Waals surface area contributed by atoms with E-state index in [-0.39, 0.29) is 19.0 Å². The lowest BCUT2D eigenvalue weighted by atomic mass is 10.1. The molecule has 0 saturated carbocycles. The lowest BCUT2D eigenvalue weighted by Gasteiger charge is -2.20. The zero-order valence-corrected chi connectivity index (χ0v) is 16.4. The van der Waals surface area contributed by atoms with E-state index in [2.05, 4.69) is 15.0 Å². The molecule has 9 heteroatoms. The molecule has 4 N–H and O–H groups in total. The van der Waals surface area contributed by atoms with Crippen molar-refractivity contribution in [1.82, 2.24) is 19.5 Å². The Balaban J connectivity index is 1.82. The van der Waals surface area contributed by atoms with Gasteiger partial charge in [-0.1, -0.05) is 0 Å². The molecule has 3 heterocycles. The fourth-order valence-electron chi connectivity index (χ4n) is 3.17. The summed E-state index contributed by atoms with van der Waals surface area (Å²) in [5, 5.41) is 23.7. The number of nitrogens with zero attached hydrogens (tertiary/aromatic N) is 4. The highest BCUT2D eigenvalue weighted by atomic mass is 32.1. The third-order valence-corrected chi connectivity index (χ3v) is 5.04. The first-order valence-electron chi connectivity index (χ1n) is 8.78. The van der Waals surface area contributed by atoms with E-state index in [0.29, 0.717) is 29.2 Å². The number of aliphatic hydroxyl groups is 2. The van der Waals surface area contributed by atoms with Crippen molar-refractivity contribution in [3.63, 3.8) is 0 Å². The number of aromatic nitrogens is 4. The number of anilines is 1. The Morgan fingerprint density at radius 3 is 2.79 bits per heavy atom. The molecule has 0 spiro atoms. The third-order valence-electron chi connectivity index (χ3n) is 4.29. The molecular formula is C19H21N5O3S. The molecule has 0 unspecified atom stereocenters. The largest absolute Gasteiger partial charge is 0.486 e. The van der Waals surface area contributed by atoms with Gasteiger partial charge in [0.25, 0.3) is 0 Å². The molecule has 28 heavy (non-hydrogen) atoms. The van der Waals surface area contributed by atoms with Gasteiger partial charge in [0, 0.05) is 23.0 Å². The molecule has 4 rings (SSSR count). The molecule has 8 nitrogen and oxygen atoms in total. The normalized spacial score (nSPS) is 12.1. The number of ether oxygens (including phenoxy) is 1. The molecule has 3 aromatic heterocycles. The maximum atomic E-state index is 10.3. The fourth-order valence-corrected chi connectivity index (χ4v) is 3.70. The van der Waals surface area contributed by atoms with Crippen LogP contribution in [0.5, 0.6) is 5.75 Å². The van der Waals surface area contributed by atoms with Crippen molar-refractivity contribution in [3.05, 3.63) is 40.6 Å². The molecule has 0 saturated heterocycles. The van der Waals surface area contributed by atoms with Crippen LogP contribution >= 0.6 is 11.3 Å². The van der Waals surface area contributed by atoms with E-state index in [1.165, 1.54) is 11.3 Å². The Labute approximate surface area is 165 Å². The molecule has 146 valence electrons. The molecule has 4 aromatic rings.